The summed E-state index contributed by atoms with van der Waals surface area (Å²) >= 11 is 4.65. The number of benzene rings is 2. The van der Waals surface area contributed by atoms with Gasteiger partial charge >= 0.3 is 23.8 Å². The van der Waals surface area contributed by atoms with Gasteiger partial charge in [-0.05, 0) is 67.5 Å². The summed E-state index contributed by atoms with van der Waals surface area (Å²) in [6, 6.07) is 14.2. The van der Waals surface area contributed by atoms with Gasteiger partial charge in [0, 0.05) is 21.0 Å². The summed E-state index contributed by atoms with van der Waals surface area (Å²) in [5, 5.41) is 6.71. The summed E-state index contributed by atoms with van der Waals surface area (Å²) in [5.41, 5.74) is 4.58. The monoisotopic (exact) mass is 637 g/mol. The number of carbonyl (C=O) groups excluding carboxylic acids is 4. The molecule has 4 rings (SSSR count). The third-order valence-corrected chi connectivity index (χ3v) is 7.85. The molecule has 11 heteroatoms. The van der Waals surface area contributed by atoms with Crippen LogP contribution in [-0.2, 0) is 32.0 Å². The van der Waals surface area contributed by atoms with Gasteiger partial charge in [-0.3, -0.25) is 9.59 Å². The van der Waals surface area contributed by atoms with Crippen molar-refractivity contribution >= 4 is 68.3 Å². The zero-order valence-electron chi connectivity index (χ0n) is 22.4. The Kier molecular flexibility index (Phi) is 10.2. The van der Waals surface area contributed by atoms with Gasteiger partial charge in [-0.1, -0.05) is 53.2 Å². The predicted molar refractivity (Wildman–Crippen MR) is 161 cm³/mol. The van der Waals surface area contributed by atoms with Crippen LogP contribution in [0.5, 0.6) is 5.75 Å². The minimum atomic E-state index is -1.03. The molecule has 9 nitrogen and oxygen atoms in total. The van der Waals surface area contributed by atoms with Gasteiger partial charge in [0.25, 0.3) is 0 Å². The van der Waals surface area contributed by atoms with E-state index >= 15 is 0 Å². The normalized spacial score (nSPS) is 14.5. The summed E-state index contributed by atoms with van der Waals surface area (Å²) in [6.45, 7) is 4.04. The van der Waals surface area contributed by atoms with Crippen LogP contribution in [0.25, 0.3) is 6.08 Å². The molecule has 0 radical (unpaired) electrons. The number of hydrogen-bond acceptors (Lipinski definition) is 8. The fourth-order valence-electron chi connectivity index (χ4n) is 4.21. The molecule has 0 bridgehead atoms. The Morgan fingerprint density at radius 1 is 1.12 bits per heavy atom. The zero-order valence-corrected chi connectivity index (χ0v) is 24.8. The van der Waals surface area contributed by atoms with Gasteiger partial charge in [0.05, 0.1) is 18.4 Å². The molecule has 1 aliphatic carbocycles. The number of thiophene rings is 1. The summed E-state index contributed by atoms with van der Waals surface area (Å²) in [4.78, 5) is 51.3. The second-order valence-corrected chi connectivity index (χ2v) is 11.3. The van der Waals surface area contributed by atoms with Crippen LogP contribution in [0.15, 0.2) is 64.2 Å². The number of anilines is 1. The molecule has 2 amide bonds. The number of nitrogens with zero attached hydrogens (tertiary/aromatic N) is 1. The Hall–Kier alpha value is -4.09. The zero-order chi connectivity index (χ0) is 29.4. The molecule has 2 aromatic carbocycles. The number of carbonyl (C=O) groups is 4. The number of hydrogen-bond donors (Lipinski definition) is 2. The van der Waals surface area contributed by atoms with E-state index < -0.39 is 23.8 Å². The van der Waals surface area contributed by atoms with Crippen molar-refractivity contribution in [1.29, 1.82) is 0 Å². The lowest BCUT2D eigenvalue weighted by Crippen LogP contribution is -2.32. The van der Waals surface area contributed by atoms with Gasteiger partial charge in [0.1, 0.15) is 10.8 Å². The highest BCUT2D eigenvalue weighted by Crippen LogP contribution is 2.40. The highest BCUT2D eigenvalue weighted by atomic mass is 79.9. The van der Waals surface area contributed by atoms with Crippen molar-refractivity contribution in [3.8, 4) is 5.75 Å². The first-order valence-electron chi connectivity index (χ1n) is 13.0. The van der Waals surface area contributed by atoms with Crippen LogP contribution in [0.1, 0.15) is 52.2 Å². The molecule has 0 fully saturated rings. The first-order valence-corrected chi connectivity index (χ1v) is 14.6. The maximum absolute atomic E-state index is 12.7. The van der Waals surface area contributed by atoms with E-state index in [-0.39, 0.29) is 17.4 Å². The third-order valence-electron chi connectivity index (χ3n) is 6.19. The van der Waals surface area contributed by atoms with E-state index in [0.717, 1.165) is 28.8 Å². The smallest absolute Gasteiger partial charge is 0.341 e. The number of halogens is 1. The lowest BCUT2D eigenvalue weighted by atomic mass is 9.88. The molecule has 0 aliphatic heterocycles. The lowest BCUT2D eigenvalue weighted by Gasteiger charge is -2.18. The predicted octanol–water partition coefficient (Wildman–Crippen LogP) is 5.52. The van der Waals surface area contributed by atoms with Crippen LogP contribution in [0.2, 0.25) is 0 Å². The molecule has 1 aliphatic rings. The van der Waals surface area contributed by atoms with Gasteiger partial charge in [0.15, 0.2) is 0 Å². The van der Waals surface area contributed by atoms with E-state index in [1.165, 1.54) is 23.6 Å². The van der Waals surface area contributed by atoms with Gasteiger partial charge < -0.3 is 14.8 Å². The van der Waals surface area contributed by atoms with E-state index in [0.29, 0.717) is 27.9 Å². The van der Waals surface area contributed by atoms with Crippen molar-refractivity contribution in [2.45, 2.75) is 33.1 Å². The maximum Gasteiger partial charge on any atom is 0.341 e. The largest absolute Gasteiger partial charge is 0.462 e. The summed E-state index contributed by atoms with van der Waals surface area (Å²) in [7, 11) is 0. The van der Waals surface area contributed by atoms with Crippen molar-refractivity contribution in [2.75, 3.05) is 11.9 Å². The molecule has 2 N–H and O–H groups in total. The van der Waals surface area contributed by atoms with Crippen molar-refractivity contribution in [3.05, 3.63) is 86.2 Å². The fraction of sp³-hybridized carbons (Fsp3) is 0.233. The summed E-state index contributed by atoms with van der Waals surface area (Å²) < 4.78 is 11.3. The molecule has 212 valence electrons. The molecule has 0 saturated heterocycles. The van der Waals surface area contributed by atoms with Crippen LogP contribution >= 0.6 is 27.3 Å². The van der Waals surface area contributed by atoms with E-state index in [1.54, 1.807) is 31.2 Å². The second kappa shape index (κ2) is 14.0. The van der Waals surface area contributed by atoms with E-state index in [4.69, 9.17) is 9.47 Å². The van der Waals surface area contributed by atoms with Gasteiger partial charge in [-0.15, -0.1) is 11.3 Å². The SMILES string of the molecule is CCOC(=O)c1c(NC(=O)C(=O)NN=Cc2cc(Br)ccc2OC(=O)C=Cc2ccccc2)sc2c1CCC(C)C2. The number of esters is 2. The number of amides is 2. The number of rotatable bonds is 8. The van der Waals surface area contributed by atoms with Crippen molar-refractivity contribution < 1.29 is 28.7 Å². The molecular weight excluding hydrogens is 610 g/mol. The second-order valence-electron chi connectivity index (χ2n) is 9.28. The van der Waals surface area contributed by atoms with Crippen LogP contribution < -0.4 is 15.5 Å². The quantitative estimate of drug-likeness (QED) is 0.0837. The van der Waals surface area contributed by atoms with E-state index in [1.807, 2.05) is 30.3 Å². The highest BCUT2D eigenvalue weighted by molar-refractivity contribution is 9.10. The van der Waals surface area contributed by atoms with E-state index in [2.05, 4.69) is 38.7 Å². The maximum atomic E-state index is 12.7. The Labute approximate surface area is 249 Å². The minimum Gasteiger partial charge on any atom is -0.462 e. The number of nitrogens with one attached hydrogen (secondary N) is 2. The van der Waals surface area contributed by atoms with Gasteiger partial charge in [-0.2, -0.15) is 5.10 Å². The first-order chi connectivity index (χ1) is 19.7. The van der Waals surface area contributed by atoms with Gasteiger partial charge in [-0.25, -0.2) is 15.0 Å². The standard InChI is InChI=1S/C30H28BrN3O6S/c1-3-39-30(38)26-22-12-9-18(2)15-24(22)41-29(26)33-27(36)28(37)34-32-17-20-16-21(31)11-13-23(20)40-25(35)14-10-19-7-5-4-6-8-19/h4-8,10-11,13-14,16-18H,3,9,12,15H2,1-2H3,(H,33,36)(H,34,37). The summed E-state index contributed by atoms with van der Waals surface area (Å²) in [6.07, 6.45) is 6.61. The van der Waals surface area contributed by atoms with Crippen LogP contribution in [0.4, 0.5) is 5.00 Å². The Bertz CT molecular complexity index is 1520. The molecule has 41 heavy (non-hydrogen) atoms. The average Bonchev–Trinajstić information content (AvgIpc) is 3.30. The Morgan fingerprint density at radius 3 is 2.66 bits per heavy atom. The molecule has 1 heterocycles. The van der Waals surface area contributed by atoms with Crippen LogP contribution in [0.3, 0.4) is 0 Å². The van der Waals surface area contributed by atoms with Crippen molar-refractivity contribution in [2.24, 2.45) is 11.0 Å². The number of hydrazone groups is 1. The highest BCUT2D eigenvalue weighted by Gasteiger charge is 2.30. The van der Waals surface area contributed by atoms with Gasteiger partial charge in [0.2, 0.25) is 0 Å². The Morgan fingerprint density at radius 2 is 1.90 bits per heavy atom. The molecule has 0 spiro atoms. The molecule has 1 aromatic heterocycles. The molecule has 0 saturated carbocycles. The van der Waals surface area contributed by atoms with E-state index in [9.17, 15) is 19.2 Å². The average molecular weight is 639 g/mol. The lowest BCUT2D eigenvalue weighted by molar-refractivity contribution is -0.136. The third kappa shape index (κ3) is 7.99. The summed E-state index contributed by atoms with van der Waals surface area (Å²) in [5.74, 6) is -2.47. The van der Waals surface area contributed by atoms with Crippen LogP contribution in [-0.4, -0.2) is 36.6 Å². The number of ether oxygens (including phenoxy) is 2. The number of fused-ring (bicyclic) bond motifs is 1. The van der Waals surface area contributed by atoms with Crippen molar-refractivity contribution in [1.82, 2.24) is 5.43 Å². The molecule has 1 unspecified atom stereocenters. The molecular formula is C30H28BrN3O6S. The molecule has 3 aromatic rings. The Balaban J connectivity index is 1.42. The van der Waals surface area contributed by atoms with Crippen LogP contribution in [0, 0.1) is 5.92 Å². The topological polar surface area (TPSA) is 123 Å². The van der Waals surface area contributed by atoms with Crippen molar-refractivity contribution in [3.63, 3.8) is 0 Å². The minimum absolute atomic E-state index is 0.193. The first kappa shape index (κ1) is 29.9. The fourth-order valence-corrected chi connectivity index (χ4v) is 5.99. The molecule has 1 atom stereocenters.